The van der Waals surface area contributed by atoms with Crippen molar-refractivity contribution < 1.29 is 0 Å². The van der Waals surface area contributed by atoms with E-state index in [0.29, 0.717) is 5.92 Å². The number of rotatable bonds is 2. The molecule has 0 unspecified atom stereocenters. The van der Waals surface area contributed by atoms with Crippen molar-refractivity contribution in [1.82, 2.24) is 0 Å². The van der Waals surface area contributed by atoms with E-state index in [1.807, 2.05) is 30.5 Å². The highest BCUT2D eigenvalue weighted by atomic mass is 79.9. The molecule has 0 saturated carbocycles. The summed E-state index contributed by atoms with van der Waals surface area (Å²) in [5.41, 5.74) is 4.60. The second kappa shape index (κ2) is 6.53. The first-order chi connectivity index (χ1) is 11.3. The summed E-state index contributed by atoms with van der Waals surface area (Å²) in [6, 6.07) is 12.2. The molecule has 126 valence electrons. The van der Waals surface area contributed by atoms with Crippen molar-refractivity contribution in [2.24, 2.45) is 4.99 Å². The lowest BCUT2D eigenvalue weighted by Crippen LogP contribution is -2.45. The van der Waals surface area contributed by atoms with Gasteiger partial charge in [0, 0.05) is 34.5 Å². The molecule has 0 N–H and O–H groups in total. The van der Waals surface area contributed by atoms with E-state index >= 15 is 0 Å². The number of anilines is 1. The number of aliphatic imine (C=N–C) groups is 1. The maximum Gasteiger partial charge on any atom is 0.0630 e. The maximum absolute atomic E-state index is 6.53. The normalized spacial score (nSPS) is 19.6. The van der Waals surface area contributed by atoms with Gasteiger partial charge in [-0.3, -0.25) is 4.99 Å². The Labute approximate surface area is 157 Å². The van der Waals surface area contributed by atoms with Gasteiger partial charge in [-0.2, -0.15) is 0 Å². The molecule has 0 amide bonds. The lowest BCUT2D eigenvalue weighted by Gasteiger charge is -2.45. The van der Waals surface area contributed by atoms with Crippen LogP contribution in [0.5, 0.6) is 0 Å². The number of hydrogen-bond acceptors (Lipinski definition) is 2. The predicted molar refractivity (Wildman–Crippen MR) is 108 cm³/mol. The number of halogens is 2. The van der Waals surface area contributed by atoms with Crippen LogP contribution in [-0.2, 0) is 0 Å². The molecule has 2 aromatic carbocycles. The van der Waals surface area contributed by atoms with E-state index in [4.69, 9.17) is 11.6 Å². The molecule has 2 aromatic rings. The van der Waals surface area contributed by atoms with Crippen molar-refractivity contribution in [3.8, 4) is 0 Å². The van der Waals surface area contributed by atoms with Crippen molar-refractivity contribution in [2.45, 2.75) is 38.6 Å². The largest absolute Gasteiger partial charge is 0.369 e. The zero-order valence-corrected chi connectivity index (χ0v) is 16.8. The fourth-order valence-corrected chi connectivity index (χ4v) is 3.85. The quantitative estimate of drug-likeness (QED) is 0.515. The molecule has 4 heteroatoms. The Morgan fingerprint density at radius 3 is 2.58 bits per heavy atom. The van der Waals surface area contributed by atoms with Gasteiger partial charge < -0.3 is 4.90 Å². The van der Waals surface area contributed by atoms with E-state index in [1.54, 1.807) is 0 Å². The molecule has 1 aliphatic heterocycles. The lowest BCUT2D eigenvalue weighted by atomic mass is 9.80. The van der Waals surface area contributed by atoms with Crippen LogP contribution in [0.15, 0.2) is 45.9 Å². The van der Waals surface area contributed by atoms with Gasteiger partial charge in [0.15, 0.2) is 0 Å². The van der Waals surface area contributed by atoms with Crippen molar-refractivity contribution in [3.05, 3.63) is 57.0 Å². The van der Waals surface area contributed by atoms with Gasteiger partial charge in [0.1, 0.15) is 0 Å². The van der Waals surface area contributed by atoms with Gasteiger partial charge in [0.25, 0.3) is 0 Å². The van der Waals surface area contributed by atoms with Crippen LogP contribution >= 0.6 is 27.5 Å². The number of benzene rings is 2. The van der Waals surface area contributed by atoms with E-state index in [9.17, 15) is 0 Å². The van der Waals surface area contributed by atoms with E-state index in [2.05, 4.69) is 65.8 Å². The molecular formula is C20H22BrClN2. The molecule has 1 aliphatic rings. The molecule has 0 fully saturated rings. The van der Waals surface area contributed by atoms with Crippen LogP contribution in [0.2, 0.25) is 5.02 Å². The first-order valence-electron chi connectivity index (χ1n) is 8.15. The Kier molecular flexibility index (Phi) is 4.76. The number of nitrogens with zero attached hydrogens (tertiary/aromatic N) is 2. The Morgan fingerprint density at radius 2 is 1.92 bits per heavy atom. The fraction of sp³-hybridized carbons (Fsp3) is 0.350. The van der Waals surface area contributed by atoms with E-state index in [1.165, 1.54) is 11.3 Å². The monoisotopic (exact) mass is 404 g/mol. The van der Waals surface area contributed by atoms with Crippen molar-refractivity contribution in [1.29, 1.82) is 0 Å². The van der Waals surface area contributed by atoms with Crippen LogP contribution < -0.4 is 4.90 Å². The number of fused-ring (bicyclic) bond motifs is 1. The molecule has 0 spiro atoms. The summed E-state index contributed by atoms with van der Waals surface area (Å²) in [6.07, 6.45) is 2.99. The molecule has 0 bridgehead atoms. The summed E-state index contributed by atoms with van der Waals surface area (Å²) in [6.45, 7) is 6.85. The van der Waals surface area contributed by atoms with Gasteiger partial charge in [-0.1, -0.05) is 34.5 Å². The maximum atomic E-state index is 6.53. The second-order valence-electron chi connectivity index (χ2n) is 7.14. The number of hydrogen-bond donors (Lipinski definition) is 0. The molecule has 2 nitrogen and oxygen atoms in total. The molecule has 1 heterocycles. The van der Waals surface area contributed by atoms with Crippen molar-refractivity contribution in [3.63, 3.8) is 0 Å². The average molecular weight is 406 g/mol. The van der Waals surface area contributed by atoms with Crippen molar-refractivity contribution in [2.75, 3.05) is 11.9 Å². The Hall–Kier alpha value is -1.32. The van der Waals surface area contributed by atoms with Crippen LogP contribution in [0.25, 0.3) is 0 Å². The van der Waals surface area contributed by atoms with E-state index < -0.39 is 0 Å². The lowest BCUT2D eigenvalue weighted by molar-refractivity contribution is 0.395. The van der Waals surface area contributed by atoms with Crippen LogP contribution in [0.4, 0.5) is 11.4 Å². The molecule has 0 radical (unpaired) electrons. The highest BCUT2D eigenvalue weighted by Gasteiger charge is 2.34. The third kappa shape index (κ3) is 3.38. The summed E-state index contributed by atoms with van der Waals surface area (Å²) in [4.78, 5) is 6.89. The first-order valence-corrected chi connectivity index (χ1v) is 9.32. The SMILES string of the molecule is C[C@@H]1CC(C)(C)N(C)c2cc(Cl)c(C=Nc3ccc(Br)cc3)cc21. The topological polar surface area (TPSA) is 15.6 Å². The molecular weight excluding hydrogens is 384 g/mol. The molecule has 0 saturated heterocycles. The highest BCUT2D eigenvalue weighted by Crippen LogP contribution is 2.44. The summed E-state index contributed by atoms with van der Waals surface area (Å²) >= 11 is 9.97. The summed E-state index contributed by atoms with van der Waals surface area (Å²) in [5.74, 6) is 0.503. The molecule has 3 rings (SSSR count). The minimum atomic E-state index is 0.142. The van der Waals surface area contributed by atoms with Gasteiger partial charge in [0.05, 0.1) is 10.7 Å². The molecule has 1 atom stereocenters. The predicted octanol–water partition coefficient (Wildman–Crippen LogP) is 6.58. The zero-order chi connectivity index (χ0) is 17.5. The van der Waals surface area contributed by atoms with Crippen molar-refractivity contribution >= 4 is 45.1 Å². The smallest absolute Gasteiger partial charge is 0.0630 e. The molecule has 0 aliphatic carbocycles. The Balaban J connectivity index is 1.97. The second-order valence-corrected chi connectivity index (χ2v) is 8.47. The zero-order valence-electron chi connectivity index (χ0n) is 14.5. The molecule has 24 heavy (non-hydrogen) atoms. The van der Waals surface area contributed by atoms with E-state index in [0.717, 1.165) is 27.2 Å². The third-order valence-electron chi connectivity index (χ3n) is 4.93. The Bertz CT molecular complexity index is 781. The minimum absolute atomic E-state index is 0.142. The molecule has 0 aromatic heterocycles. The van der Waals surface area contributed by atoms with Crippen LogP contribution in [0.3, 0.4) is 0 Å². The van der Waals surface area contributed by atoms with Crippen LogP contribution in [0, 0.1) is 0 Å². The highest BCUT2D eigenvalue weighted by molar-refractivity contribution is 9.10. The summed E-state index contributed by atoms with van der Waals surface area (Å²) in [7, 11) is 2.15. The first kappa shape index (κ1) is 17.5. The summed E-state index contributed by atoms with van der Waals surface area (Å²) < 4.78 is 1.05. The van der Waals surface area contributed by atoms with Gasteiger partial charge in [-0.25, -0.2) is 0 Å². The van der Waals surface area contributed by atoms with Crippen LogP contribution in [0.1, 0.15) is 44.2 Å². The van der Waals surface area contributed by atoms with Gasteiger partial charge >= 0.3 is 0 Å². The van der Waals surface area contributed by atoms with E-state index in [-0.39, 0.29) is 5.54 Å². The van der Waals surface area contributed by atoms with Gasteiger partial charge in [-0.05, 0) is 68.1 Å². The summed E-state index contributed by atoms with van der Waals surface area (Å²) in [5, 5.41) is 0.742. The Morgan fingerprint density at radius 1 is 1.25 bits per heavy atom. The standard InChI is InChI=1S/C20H22BrClN2/c1-13-11-20(2,3)24(4)19-10-18(22)14(9-17(13)19)12-23-16-7-5-15(21)6-8-16/h5-10,12-13H,11H2,1-4H3/t13-/m1/s1. The van der Waals surface area contributed by atoms with Gasteiger partial charge in [0.2, 0.25) is 0 Å². The fourth-order valence-electron chi connectivity index (χ4n) is 3.37. The average Bonchev–Trinajstić information content (AvgIpc) is 2.52. The van der Waals surface area contributed by atoms with Crippen LogP contribution in [-0.4, -0.2) is 18.8 Å². The minimum Gasteiger partial charge on any atom is -0.369 e. The third-order valence-corrected chi connectivity index (χ3v) is 5.79. The van der Waals surface area contributed by atoms with Gasteiger partial charge in [-0.15, -0.1) is 0 Å².